The lowest BCUT2D eigenvalue weighted by atomic mass is 10.1. The highest BCUT2D eigenvalue weighted by molar-refractivity contribution is 6.30. The van der Waals surface area contributed by atoms with Crippen LogP contribution in [0.4, 0.5) is 11.5 Å². The number of nitrogens with zero attached hydrogens (tertiary/aromatic N) is 2. The molecular weight excluding hydrogens is 334 g/mol. The molecule has 0 radical (unpaired) electrons. The van der Waals surface area contributed by atoms with Gasteiger partial charge < -0.3 is 10.1 Å². The summed E-state index contributed by atoms with van der Waals surface area (Å²) < 4.78 is 6.05. The van der Waals surface area contributed by atoms with Gasteiger partial charge in [0, 0.05) is 11.8 Å². The summed E-state index contributed by atoms with van der Waals surface area (Å²) in [4.78, 5) is 0. The molecule has 25 heavy (non-hydrogen) atoms. The minimum atomic E-state index is 0.230. The van der Waals surface area contributed by atoms with Crippen LogP contribution >= 0.6 is 11.6 Å². The van der Waals surface area contributed by atoms with Gasteiger partial charge in [0.25, 0.3) is 0 Å². The van der Waals surface area contributed by atoms with E-state index < -0.39 is 0 Å². The lowest BCUT2D eigenvalue weighted by molar-refractivity contribution is 0.471. The van der Waals surface area contributed by atoms with Crippen molar-refractivity contribution in [2.45, 2.75) is 27.7 Å². The molecule has 0 atom stereocenters. The predicted molar refractivity (Wildman–Crippen MR) is 102 cm³/mol. The van der Waals surface area contributed by atoms with E-state index in [2.05, 4.69) is 34.6 Å². The molecule has 3 aromatic rings. The van der Waals surface area contributed by atoms with Crippen LogP contribution in [0.1, 0.15) is 22.3 Å². The third-order valence-electron chi connectivity index (χ3n) is 3.86. The largest absolute Gasteiger partial charge is 0.453 e. The van der Waals surface area contributed by atoms with Gasteiger partial charge in [-0.25, -0.2) is 0 Å². The van der Waals surface area contributed by atoms with Crippen molar-refractivity contribution in [3.8, 4) is 11.5 Å². The minimum Gasteiger partial charge on any atom is -0.453 e. The average Bonchev–Trinajstić information content (AvgIpc) is 2.55. The van der Waals surface area contributed by atoms with Crippen LogP contribution in [0.3, 0.4) is 0 Å². The molecule has 5 heteroatoms. The number of aryl methyl sites for hydroxylation is 4. The first-order valence-electron chi connectivity index (χ1n) is 8.05. The van der Waals surface area contributed by atoms with E-state index in [1.807, 2.05) is 45.0 Å². The van der Waals surface area contributed by atoms with E-state index in [4.69, 9.17) is 16.3 Å². The molecule has 0 aliphatic rings. The number of halogens is 1. The fraction of sp³-hybridized carbons (Fsp3) is 0.200. The monoisotopic (exact) mass is 353 g/mol. The lowest BCUT2D eigenvalue weighted by Gasteiger charge is -2.14. The molecule has 1 aromatic heterocycles. The van der Waals surface area contributed by atoms with Gasteiger partial charge in [-0.2, -0.15) is 0 Å². The summed E-state index contributed by atoms with van der Waals surface area (Å²) in [6.45, 7) is 8.14. The average molecular weight is 354 g/mol. The Balaban J connectivity index is 1.88. The number of benzene rings is 2. The third kappa shape index (κ3) is 4.09. The molecule has 0 saturated carbocycles. The summed E-state index contributed by atoms with van der Waals surface area (Å²) in [7, 11) is 0. The maximum atomic E-state index is 6.18. The minimum absolute atomic E-state index is 0.230. The standard InChI is InChI=1S/C20H20ClN3O/c1-12-5-7-16(8-6-12)22-18-11-17(20(21)24-23-18)25-19-14(3)9-13(2)10-15(19)4/h5-11H,1-4H3,(H,22,23). The highest BCUT2D eigenvalue weighted by Gasteiger charge is 2.12. The molecule has 2 aromatic carbocycles. The fourth-order valence-electron chi connectivity index (χ4n) is 2.71. The van der Waals surface area contributed by atoms with Gasteiger partial charge in [0.05, 0.1) is 0 Å². The maximum absolute atomic E-state index is 6.18. The normalized spacial score (nSPS) is 10.6. The Morgan fingerprint density at radius 1 is 0.840 bits per heavy atom. The van der Waals surface area contributed by atoms with Gasteiger partial charge in [0.15, 0.2) is 16.7 Å². The Kier molecular flexibility index (Phi) is 4.91. The zero-order chi connectivity index (χ0) is 18.0. The van der Waals surface area contributed by atoms with Gasteiger partial charge in [-0.05, 0) is 51.0 Å². The van der Waals surface area contributed by atoms with Crippen LogP contribution in [0.2, 0.25) is 5.15 Å². The molecule has 128 valence electrons. The highest BCUT2D eigenvalue weighted by atomic mass is 35.5. The molecule has 0 bridgehead atoms. The van der Waals surface area contributed by atoms with Crippen LogP contribution in [0.5, 0.6) is 11.5 Å². The summed E-state index contributed by atoms with van der Waals surface area (Å²) in [5, 5.41) is 11.5. The molecule has 0 spiro atoms. The molecule has 0 aliphatic heterocycles. The van der Waals surface area contributed by atoms with Crippen molar-refractivity contribution >= 4 is 23.1 Å². The molecular formula is C20H20ClN3O. The second-order valence-electron chi connectivity index (χ2n) is 6.21. The van der Waals surface area contributed by atoms with Gasteiger partial charge >= 0.3 is 0 Å². The first kappa shape index (κ1) is 17.2. The molecule has 0 fully saturated rings. The molecule has 1 N–H and O–H groups in total. The SMILES string of the molecule is Cc1ccc(Nc2cc(Oc3c(C)cc(C)cc3C)c(Cl)nn2)cc1. The van der Waals surface area contributed by atoms with Gasteiger partial charge in [0.1, 0.15) is 5.75 Å². The Hall–Kier alpha value is -2.59. The molecule has 4 nitrogen and oxygen atoms in total. The quantitative estimate of drug-likeness (QED) is 0.634. The molecule has 3 rings (SSSR count). The lowest BCUT2D eigenvalue weighted by Crippen LogP contribution is -1.99. The first-order chi connectivity index (χ1) is 11.9. The number of nitrogens with one attached hydrogen (secondary N) is 1. The number of aromatic nitrogens is 2. The van der Waals surface area contributed by atoms with Gasteiger partial charge in [-0.3, -0.25) is 0 Å². The molecule has 0 aliphatic carbocycles. The van der Waals surface area contributed by atoms with Crippen LogP contribution in [-0.2, 0) is 0 Å². The van der Waals surface area contributed by atoms with Crippen LogP contribution in [0.15, 0.2) is 42.5 Å². The molecule has 0 saturated heterocycles. The summed E-state index contributed by atoms with van der Waals surface area (Å²) >= 11 is 6.18. The van der Waals surface area contributed by atoms with E-state index in [9.17, 15) is 0 Å². The van der Waals surface area contributed by atoms with E-state index in [0.717, 1.165) is 22.6 Å². The summed E-state index contributed by atoms with van der Waals surface area (Å²) in [5.41, 5.74) is 5.43. The van der Waals surface area contributed by atoms with Crippen LogP contribution in [-0.4, -0.2) is 10.2 Å². The number of ether oxygens (including phenoxy) is 1. The second-order valence-corrected chi connectivity index (χ2v) is 6.56. The van der Waals surface area contributed by atoms with E-state index in [1.54, 1.807) is 6.07 Å². The molecule has 1 heterocycles. The maximum Gasteiger partial charge on any atom is 0.194 e. The number of hydrogen-bond acceptors (Lipinski definition) is 4. The van der Waals surface area contributed by atoms with E-state index in [0.29, 0.717) is 11.6 Å². The summed E-state index contributed by atoms with van der Waals surface area (Å²) in [6.07, 6.45) is 0. The van der Waals surface area contributed by atoms with E-state index >= 15 is 0 Å². The van der Waals surface area contributed by atoms with Gasteiger partial charge in [0.2, 0.25) is 0 Å². The second kappa shape index (κ2) is 7.11. The van der Waals surface area contributed by atoms with Crippen molar-refractivity contribution in [2.75, 3.05) is 5.32 Å². The highest BCUT2D eigenvalue weighted by Crippen LogP contribution is 2.34. The molecule has 0 unspecified atom stereocenters. The van der Waals surface area contributed by atoms with Crippen molar-refractivity contribution in [3.63, 3.8) is 0 Å². The van der Waals surface area contributed by atoms with Crippen molar-refractivity contribution in [3.05, 3.63) is 69.9 Å². The van der Waals surface area contributed by atoms with Crippen molar-refractivity contribution in [2.24, 2.45) is 0 Å². The van der Waals surface area contributed by atoms with Crippen molar-refractivity contribution in [1.29, 1.82) is 0 Å². The Labute approximate surface area is 152 Å². The predicted octanol–water partition coefficient (Wildman–Crippen LogP) is 5.90. The van der Waals surface area contributed by atoms with Crippen molar-refractivity contribution in [1.82, 2.24) is 10.2 Å². The van der Waals surface area contributed by atoms with Gasteiger partial charge in [-0.15, -0.1) is 10.2 Å². The smallest absolute Gasteiger partial charge is 0.194 e. The van der Waals surface area contributed by atoms with Crippen molar-refractivity contribution < 1.29 is 4.74 Å². The Bertz CT molecular complexity index is 884. The number of hydrogen-bond donors (Lipinski definition) is 1. The third-order valence-corrected chi connectivity index (χ3v) is 4.12. The van der Waals surface area contributed by atoms with E-state index in [-0.39, 0.29) is 5.15 Å². The first-order valence-corrected chi connectivity index (χ1v) is 8.43. The summed E-state index contributed by atoms with van der Waals surface area (Å²) in [6, 6.07) is 14.0. The Morgan fingerprint density at radius 2 is 1.48 bits per heavy atom. The summed E-state index contributed by atoms with van der Waals surface area (Å²) in [5.74, 6) is 1.84. The van der Waals surface area contributed by atoms with Crippen LogP contribution < -0.4 is 10.1 Å². The number of anilines is 2. The zero-order valence-electron chi connectivity index (χ0n) is 14.7. The Morgan fingerprint density at radius 3 is 2.12 bits per heavy atom. The van der Waals surface area contributed by atoms with Gasteiger partial charge in [-0.1, -0.05) is 47.0 Å². The molecule has 0 amide bonds. The topological polar surface area (TPSA) is 47.0 Å². The fourth-order valence-corrected chi connectivity index (χ4v) is 2.85. The van der Waals surface area contributed by atoms with E-state index in [1.165, 1.54) is 11.1 Å². The zero-order valence-corrected chi connectivity index (χ0v) is 15.5. The van der Waals surface area contributed by atoms with Crippen LogP contribution in [0, 0.1) is 27.7 Å². The number of rotatable bonds is 4. The van der Waals surface area contributed by atoms with Crippen LogP contribution in [0.25, 0.3) is 0 Å².